The Morgan fingerprint density at radius 2 is 1.82 bits per heavy atom. The van der Waals surface area contributed by atoms with Crippen molar-refractivity contribution in [2.45, 2.75) is 40.3 Å². The maximum atomic E-state index is 4.31. The molecule has 1 atom stereocenters. The van der Waals surface area contributed by atoms with Crippen LogP contribution in [0.4, 0.5) is 0 Å². The molecule has 3 rings (SSSR count). The molecular weight excluding hydrogens is 272 g/mol. The third-order valence-electron chi connectivity index (χ3n) is 4.28. The molecule has 0 radical (unpaired) electrons. The van der Waals surface area contributed by atoms with Crippen LogP contribution in [-0.4, -0.2) is 14.6 Å². The third-order valence-corrected chi connectivity index (χ3v) is 4.28. The number of benzene rings is 1. The quantitative estimate of drug-likeness (QED) is 0.800. The summed E-state index contributed by atoms with van der Waals surface area (Å²) in [6.45, 7) is 9.44. The molecule has 0 saturated heterocycles. The van der Waals surface area contributed by atoms with Gasteiger partial charge in [-0.05, 0) is 62.1 Å². The van der Waals surface area contributed by atoms with Gasteiger partial charge in [-0.1, -0.05) is 18.2 Å². The minimum atomic E-state index is 0.137. The fraction of sp³-hybridized carbons (Fsp3) is 0.333. The first-order valence-electron chi connectivity index (χ1n) is 7.66. The number of aromatic nitrogens is 3. The van der Waals surface area contributed by atoms with Gasteiger partial charge in [0.25, 0.3) is 0 Å². The molecule has 0 aliphatic heterocycles. The first kappa shape index (κ1) is 14.7. The molecule has 4 nitrogen and oxygen atoms in total. The van der Waals surface area contributed by atoms with Crippen molar-refractivity contribution in [2.24, 2.45) is 0 Å². The molecule has 2 aromatic heterocycles. The summed E-state index contributed by atoms with van der Waals surface area (Å²) >= 11 is 0. The second kappa shape index (κ2) is 5.89. The lowest BCUT2D eigenvalue weighted by Crippen LogP contribution is -2.21. The Morgan fingerprint density at radius 1 is 1.05 bits per heavy atom. The molecule has 1 aromatic carbocycles. The van der Waals surface area contributed by atoms with Gasteiger partial charge in [0.2, 0.25) is 0 Å². The van der Waals surface area contributed by atoms with Gasteiger partial charge in [0.05, 0.1) is 6.04 Å². The number of hydrogen-bond donors (Lipinski definition) is 1. The minimum Gasteiger partial charge on any atom is -0.303 e. The molecule has 0 aliphatic carbocycles. The Balaban J connectivity index is 1.78. The number of hydrogen-bond acceptors (Lipinski definition) is 3. The van der Waals surface area contributed by atoms with E-state index in [2.05, 4.69) is 55.3 Å². The van der Waals surface area contributed by atoms with Crippen LogP contribution in [0.5, 0.6) is 0 Å². The summed E-state index contributed by atoms with van der Waals surface area (Å²) in [6, 6.07) is 10.6. The van der Waals surface area contributed by atoms with Crippen molar-refractivity contribution >= 4 is 5.65 Å². The largest absolute Gasteiger partial charge is 0.303 e. The lowest BCUT2D eigenvalue weighted by Gasteiger charge is -2.15. The number of nitrogens with zero attached hydrogens (tertiary/aromatic N) is 3. The summed E-state index contributed by atoms with van der Waals surface area (Å²) < 4.78 is 2.03. The monoisotopic (exact) mass is 294 g/mol. The fourth-order valence-corrected chi connectivity index (χ4v) is 2.72. The molecule has 0 bridgehead atoms. The zero-order valence-electron chi connectivity index (χ0n) is 13.6. The van der Waals surface area contributed by atoms with E-state index in [1.165, 1.54) is 22.3 Å². The Morgan fingerprint density at radius 3 is 2.64 bits per heavy atom. The van der Waals surface area contributed by atoms with Crippen LogP contribution in [0.2, 0.25) is 0 Å². The van der Waals surface area contributed by atoms with Crippen LogP contribution in [0.1, 0.15) is 41.0 Å². The van der Waals surface area contributed by atoms with Gasteiger partial charge in [-0.2, -0.15) is 0 Å². The molecule has 0 fully saturated rings. The first-order chi connectivity index (χ1) is 10.6. The van der Waals surface area contributed by atoms with E-state index < -0.39 is 0 Å². The van der Waals surface area contributed by atoms with Gasteiger partial charge in [0.15, 0.2) is 11.5 Å². The minimum absolute atomic E-state index is 0.137. The fourth-order valence-electron chi connectivity index (χ4n) is 2.72. The maximum Gasteiger partial charge on any atom is 0.160 e. The molecular formula is C18H22N4. The molecule has 1 N–H and O–H groups in total. The second-order valence-corrected chi connectivity index (χ2v) is 5.95. The molecule has 22 heavy (non-hydrogen) atoms. The predicted octanol–water partition coefficient (Wildman–Crippen LogP) is 3.51. The van der Waals surface area contributed by atoms with Gasteiger partial charge in [-0.25, -0.2) is 0 Å². The summed E-state index contributed by atoms with van der Waals surface area (Å²) in [6.07, 6.45) is 2.00. The summed E-state index contributed by atoms with van der Waals surface area (Å²) in [7, 11) is 0. The zero-order chi connectivity index (χ0) is 15.7. The molecule has 0 amide bonds. The van der Waals surface area contributed by atoms with Crippen LogP contribution < -0.4 is 5.32 Å². The van der Waals surface area contributed by atoms with E-state index in [1.54, 1.807) is 0 Å². The van der Waals surface area contributed by atoms with E-state index in [-0.39, 0.29) is 6.04 Å². The summed E-state index contributed by atoms with van der Waals surface area (Å²) in [5.41, 5.74) is 6.23. The van der Waals surface area contributed by atoms with Gasteiger partial charge >= 0.3 is 0 Å². The number of fused-ring (bicyclic) bond motifs is 1. The molecule has 0 spiro atoms. The van der Waals surface area contributed by atoms with Crippen molar-refractivity contribution in [1.82, 2.24) is 19.9 Å². The Labute approximate surface area is 131 Å². The average Bonchev–Trinajstić information content (AvgIpc) is 2.93. The zero-order valence-corrected chi connectivity index (χ0v) is 13.6. The van der Waals surface area contributed by atoms with Crippen molar-refractivity contribution in [3.8, 4) is 0 Å². The predicted molar refractivity (Wildman–Crippen MR) is 88.9 cm³/mol. The molecule has 3 aromatic rings. The van der Waals surface area contributed by atoms with Gasteiger partial charge < -0.3 is 5.32 Å². The smallest absolute Gasteiger partial charge is 0.160 e. The van der Waals surface area contributed by atoms with E-state index in [0.29, 0.717) is 0 Å². The van der Waals surface area contributed by atoms with Crippen LogP contribution in [0.25, 0.3) is 5.65 Å². The Hall–Kier alpha value is -2.20. The van der Waals surface area contributed by atoms with Crippen LogP contribution in [0.15, 0.2) is 36.5 Å². The summed E-state index contributed by atoms with van der Waals surface area (Å²) in [5, 5.41) is 12.1. The van der Waals surface area contributed by atoms with Gasteiger partial charge in [0, 0.05) is 12.7 Å². The standard InChI is InChI=1S/C18H22N4/c1-12-9-14(3)16(10-13(12)2)11-19-15(4)18-21-20-17-7-5-6-8-22(17)18/h5-10,15,19H,11H2,1-4H3. The first-order valence-corrected chi connectivity index (χ1v) is 7.66. The number of rotatable bonds is 4. The normalized spacial score (nSPS) is 12.7. The highest BCUT2D eigenvalue weighted by molar-refractivity contribution is 5.38. The highest BCUT2D eigenvalue weighted by Crippen LogP contribution is 2.17. The third kappa shape index (κ3) is 2.74. The van der Waals surface area contributed by atoms with E-state index >= 15 is 0 Å². The van der Waals surface area contributed by atoms with Gasteiger partial charge in [0.1, 0.15) is 0 Å². The van der Waals surface area contributed by atoms with Crippen LogP contribution in [-0.2, 0) is 6.54 Å². The molecule has 114 valence electrons. The van der Waals surface area contributed by atoms with Gasteiger partial charge in [-0.15, -0.1) is 10.2 Å². The average molecular weight is 294 g/mol. The van der Waals surface area contributed by atoms with Crippen molar-refractivity contribution in [3.63, 3.8) is 0 Å². The van der Waals surface area contributed by atoms with Crippen molar-refractivity contribution in [1.29, 1.82) is 0 Å². The van der Waals surface area contributed by atoms with Crippen LogP contribution in [0, 0.1) is 20.8 Å². The molecule has 0 aliphatic rings. The second-order valence-electron chi connectivity index (χ2n) is 5.95. The number of aryl methyl sites for hydroxylation is 3. The number of nitrogens with one attached hydrogen (secondary N) is 1. The summed E-state index contributed by atoms with van der Waals surface area (Å²) in [5.74, 6) is 0.942. The van der Waals surface area contributed by atoms with Crippen molar-refractivity contribution < 1.29 is 0 Å². The lowest BCUT2D eigenvalue weighted by molar-refractivity contribution is 0.540. The Kier molecular flexibility index (Phi) is 3.94. The van der Waals surface area contributed by atoms with Crippen molar-refractivity contribution in [3.05, 3.63) is 64.6 Å². The van der Waals surface area contributed by atoms with E-state index in [9.17, 15) is 0 Å². The lowest BCUT2D eigenvalue weighted by atomic mass is 10.0. The van der Waals surface area contributed by atoms with E-state index in [1.807, 2.05) is 28.8 Å². The van der Waals surface area contributed by atoms with E-state index in [4.69, 9.17) is 0 Å². The van der Waals surface area contributed by atoms with Gasteiger partial charge in [-0.3, -0.25) is 4.40 Å². The highest BCUT2D eigenvalue weighted by atomic mass is 15.3. The van der Waals surface area contributed by atoms with Crippen molar-refractivity contribution in [2.75, 3.05) is 0 Å². The maximum absolute atomic E-state index is 4.31. The molecule has 2 heterocycles. The molecule has 0 saturated carbocycles. The number of pyridine rings is 1. The molecule has 1 unspecified atom stereocenters. The molecule has 4 heteroatoms. The highest BCUT2D eigenvalue weighted by Gasteiger charge is 2.13. The topological polar surface area (TPSA) is 42.2 Å². The summed E-state index contributed by atoms with van der Waals surface area (Å²) in [4.78, 5) is 0. The SMILES string of the molecule is Cc1cc(C)c(CNC(C)c2nnc3ccccn23)cc1C. The van der Waals surface area contributed by atoms with Crippen LogP contribution in [0.3, 0.4) is 0 Å². The Bertz CT molecular complexity index is 804. The van der Waals surface area contributed by atoms with E-state index in [0.717, 1.165) is 18.0 Å². The van der Waals surface area contributed by atoms with Crippen LogP contribution >= 0.6 is 0 Å².